The van der Waals surface area contributed by atoms with Crippen LogP contribution in [0.5, 0.6) is 11.5 Å². The predicted octanol–water partition coefficient (Wildman–Crippen LogP) is 0.634. The first-order valence-corrected chi connectivity index (χ1v) is 7.91. The maximum atomic E-state index is 12.3. The molecular formula is C13H18N2O5S. The molecule has 3 N–H and O–H groups in total. The third-order valence-electron chi connectivity index (χ3n) is 2.68. The summed E-state index contributed by atoms with van der Waals surface area (Å²) in [4.78, 5) is 12.1. The molecule has 0 spiro atoms. The fourth-order valence-electron chi connectivity index (χ4n) is 1.87. The zero-order valence-electron chi connectivity index (χ0n) is 12.1. The molecule has 0 radical (unpaired) electrons. The first-order valence-electron chi connectivity index (χ1n) is 6.37. The van der Waals surface area contributed by atoms with Crippen LogP contribution in [-0.4, -0.2) is 33.1 Å². The summed E-state index contributed by atoms with van der Waals surface area (Å²) in [5.74, 6) is -0.0167. The van der Waals surface area contributed by atoms with Gasteiger partial charge < -0.3 is 14.8 Å². The molecule has 0 bridgehead atoms. The van der Waals surface area contributed by atoms with Crippen molar-refractivity contribution < 1.29 is 22.7 Å². The van der Waals surface area contributed by atoms with Gasteiger partial charge in [-0.25, -0.2) is 13.6 Å². The molecule has 0 fully saturated rings. The van der Waals surface area contributed by atoms with Crippen LogP contribution in [0.25, 0.3) is 0 Å². The minimum Gasteiger partial charge on any atom is -0.486 e. The van der Waals surface area contributed by atoms with Gasteiger partial charge in [0.05, 0.1) is 10.5 Å². The highest BCUT2D eigenvalue weighted by Gasteiger charge is 2.26. The van der Waals surface area contributed by atoms with Crippen LogP contribution in [0.4, 0.5) is 0 Å². The second-order valence-corrected chi connectivity index (χ2v) is 7.31. The van der Waals surface area contributed by atoms with Crippen LogP contribution >= 0.6 is 0 Å². The Morgan fingerprint density at radius 2 is 1.86 bits per heavy atom. The van der Waals surface area contributed by atoms with Crippen LogP contribution in [0.2, 0.25) is 0 Å². The number of carbonyl (C=O) groups excluding carboxylic acids is 1. The number of primary sulfonamides is 1. The van der Waals surface area contributed by atoms with Crippen molar-refractivity contribution >= 4 is 15.9 Å². The molecule has 21 heavy (non-hydrogen) atoms. The van der Waals surface area contributed by atoms with Crippen LogP contribution in [0, 0.1) is 0 Å². The van der Waals surface area contributed by atoms with Crippen LogP contribution in [-0.2, 0) is 10.0 Å². The number of ether oxygens (including phenoxy) is 2. The van der Waals surface area contributed by atoms with Crippen LogP contribution in [0.3, 0.4) is 0 Å². The van der Waals surface area contributed by atoms with E-state index in [9.17, 15) is 13.2 Å². The van der Waals surface area contributed by atoms with Gasteiger partial charge in [-0.1, -0.05) is 0 Å². The minimum absolute atomic E-state index is 0.0890. The maximum absolute atomic E-state index is 12.3. The number of sulfonamides is 1. The van der Waals surface area contributed by atoms with E-state index in [0.717, 1.165) is 0 Å². The van der Waals surface area contributed by atoms with Gasteiger partial charge in [0, 0.05) is 11.6 Å². The highest BCUT2D eigenvalue weighted by molar-refractivity contribution is 7.89. The van der Waals surface area contributed by atoms with E-state index in [1.807, 2.05) is 20.8 Å². The third kappa shape index (κ3) is 3.64. The van der Waals surface area contributed by atoms with Gasteiger partial charge in [0.15, 0.2) is 11.5 Å². The Morgan fingerprint density at radius 3 is 2.43 bits per heavy atom. The summed E-state index contributed by atoms with van der Waals surface area (Å²) in [6, 6.07) is 2.46. The number of amides is 1. The van der Waals surface area contributed by atoms with E-state index in [1.165, 1.54) is 12.1 Å². The number of benzene rings is 1. The normalized spacial score (nSPS) is 14.7. The molecule has 0 aliphatic carbocycles. The quantitative estimate of drug-likeness (QED) is 0.832. The van der Waals surface area contributed by atoms with Crippen molar-refractivity contribution in [3.8, 4) is 11.5 Å². The van der Waals surface area contributed by atoms with Crippen molar-refractivity contribution in [1.82, 2.24) is 5.32 Å². The van der Waals surface area contributed by atoms with Crippen molar-refractivity contribution in [2.24, 2.45) is 5.14 Å². The van der Waals surface area contributed by atoms with E-state index in [4.69, 9.17) is 14.6 Å². The van der Waals surface area contributed by atoms with E-state index < -0.39 is 21.5 Å². The average molecular weight is 314 g/mol. The largest absolute Gasteiger partial charge is 0.486 e. The van der Waals surface area contributed by atoms with Gasteiger partial charge in [-0.05, 0) is 26.8 Å². The van der Waals surface area contributed by atoms with Gasteiger partial charge in [0.2, 0.25) is 10.0 Å². The molecule has 0 saturated carbocycles. The second-order valence-electron chi connectivity index (χ2n) is 5.74. The average Bonchev–Trinajstić information content (AvgIpc) is 2.34. The van der Waals surface area contributed by atoms with Crippen molar-refractivity contribution in [3.05, 3.63) is 17.7 Å². The van der Waals surface area contributed by atoms with Crippen molar-refractivity contribution in [2.75, 3.05) is 13.2 Å². The number of nitrogens with two attached hydrogens (primary N) is 1. The summed E-state index contributed by atoms with van der Waals surface area (Å²) in [7, 11) is -3.95. The zero-order valence-corrected chi connectivity index (χ0v) is 12.9. The van der Waals surface area contributed by atoms with Crippen molar-refractivity contribution in [3.63, 3.8) is 0 Å². The van der Waals surface area contributed by atoms with Gasteiger partial charge in [0.1, 0.15) is 13.2 Å². The zero-order chi connectivity index (χ0) is 15.8. The smallest absolute Gasteiger partial charge is 0.255 e. The highest BCUT2D eigenvalue weighted by Crippen LogP contribution is 2.36. The standard InChI is InChI=1S/C13H18N2O5S/c1-13(2,3)15-12(16)9-6-8(21(14,17)18)7-10-11(9)20-5-4-19-10/h6-7H,4-5H2,1-3H3,(H,15,16)(H2,14,17,18). The van der Waals surface area contributed by atoms with Crippen molar-refractivity contribution in [2.45, 2.75) is 31.2 Å². The second kappa shape index (κ2) is 5.19. The van der Waals surface area contributed by atoms with Crippen molar-refractivity contribution in [1.29, 1.82) is 0 Å². The molecule has 2 rings (SSSR count). The summed E-state index contributed by atoms with van der Waals surface area (Å²) in [5, 5.41) is 7.88. The Morgan fingerprint density at radius 1 is 1.24 bits per heavy atom. The van der Waals surface area contributed by atoms with Gasteiger partial charge in [-0.3, -0.25) is 4.79 Å². The minimum atomic E-state index is -3.95. The van der Waals surface area contributed by atoms with Gasteiger partial charge >= 0.3 is 0 Å². The fourth-order valence-corrected chi connectivity index (χ4v) is 2.42. The monoisotopic (exact) mass is 314 g/mol. The van der Waals surface area contributed by atoms with E-state index in [1.54, 1.807) is 0 Å². The molecule has 8 heteroatoms. The number of hydrogen-bond acceptors (Lipinski definition) is 5. The molecule has 116 valence electrons. The summed E-state index contributed by atoms with van der Waals surface area (Å²) >= 11 is 0. The molecule has 1 aliphatic rings. The fraction of sp³-hybridized carbons (Fsp3) is 0.462. The predicted molar refractivity (Wildman–Crippen MR) is 76.0 cm³/mol. The molecule has 1 aliphatic heterocycles. The maximum Gasteiger partial charge on any atom is 0.255 e. The Bertz CT molecular complexity index is 677. The Balaban J connectivity index is 2.55. The number of carbonyl (C=O) groups is 1. The molecular weight excluding hydrogens is 296 g/mol. The number of hydrogen-bond donors (Lipinski definition) is 2. The lowest BCUT2D eigenvalue weighted by Gasteiger charge is -2.24. The lowest BCUT2D eigenvalue weighted by Crippen LogP contribution is -2.41. The SMILES string of the molecule is CC(C)(C)NC(=O)c1cc(S(N)(=O)=O)cc2c1OCCO2. The van der Waals surface area contributed by atoms with Gasteiger partial charge in [-0.15, -0.1) is 0 Å². The molecule has 7 nitrogen and oxygen atoms in total. The van der Waals surface area contributed by atoms with Gasteiger partial charge in [-0.2, -0.15) is 0 Å². The molecule has 1 amide bonds. The number of rotatable bonds is 2. The van der Waals surface area contributed by atoms with E-state index in [2.05, 4.69) is 5.32 Å². The molecule has 0 aromatic heterocycles. The first kappa shape index (κ1) is 15.6. The summed E-state index contributed by atoms with van der Waals surface area (Å²) in [6.45, 7) is 6.02. The van der Waals surface area contributed by atoms with Gasteiger partial charge in [0.25, 0.3) is 5.91 Å². The lowest BCUT2D eigenvalue weighted by atomic mass is 10.1. The lowest BCUT2D eigenvalue weighted by molar-refractivity contribution is 0.0908. The molecule has 1 aromatic rings. The summed E-state index contributed by atoms with van der Waals surface area (Å²) < 4.78 is 33.8. The Labute approximate surface area is 123 Å². The third-order valence-corrected chi connectivity index (χ3v) is 3.57. The highest BCUT2D eigenvalue weighted by atomic mass is 32.2. The molecule has 0 atom stereocenters. The summed E-state index contributed by atoms with van der Waals surface area (Å²) in [6.07, 6.45) is 0. The number of nitrogens with one attached hydrogen (secondary N) is 1. The number of fused-ring (bicyclic) bond motifs is 1. The first-order chi connectivity index (χ1) is 9.58. The molecule has 1 aromatic carbocycles. The molecule has 1 heterocycles. The Hall–Kier alpha value is -1.80. The van der Waals surface area contributed by atoms with Crippen LogP contribution < -0.4 is 19.9 Å². The topological polar surface area (TPSA) is 108 Å². The summed E-state index contributed by atoms with van der Waals surface area (Å²) in [5.41, 5.74) is -0.386. The molecule has 0 unspecified atom stereocenters. The van der Waals surface area contributed by atoms with E-state index in [-0.39, 0.29) is 35.2 Å². The molecule has 0 saturated heterocycles. The van der Waals surface area contributed by atoms with Crippen LogP contribution in [0.1, 0.15) is 31.1 Å². The Kier molecular flexibility index (Phi) is 3.85. The van der Waals surface area contributed by atoms with E-state index >= 15 is 0 Å². The van der Waals surface area contributed by atoms with Crippen LogP contribution in [0.15, 0.2) is 17.0 Å². The van der Waals surface area contributed by atoms with E-state index in [0.29, 0.717) is 0 Å².